The highest BCUT2D eigenvalue weighted by Crippen LogP contribution is 2.45. The lowest BCUT2D eigenvalue weighted by Gasteiger charge is -2.34. The first-order chi connectivity index (χ1) is 16.1. The summed E-state index contributed by atoms with van der Waals surface area (Å²) in [4.78, 5) is 13.0. The number of hydrogen-bond donors (Lipinski definition) is 2. The Morgan fingerprint density at radius 2 is 1.91 bits per heavy atom. The fraction of sp³-hybridized carbons (Fsp3) is 0.273. The van der Waals surface area contributed by atoms with Crippen molar-refractivity contribution >= 4 is 40.6 Å². The van der Waals surface area contributed by atoms with Crippen LogP contribution in [0.1, 0.15) is 34.4 Å². The predicted octanol–water partition coefficient (Wildman–Crippen LogP) is 6.12. The zero-order valence-corrected chi connectivity index (χ0v) is 19.4. The molecule has 0 fully saturated rings. The molecule has 1 aliphatic heterocycles. The molecule has 3 aromatic rings. The summed E-state index contributed by atoms with van der Waals surface area (Å²) < 4.78 is 53.2. The Hall–Kier alpha value is -3.11. The Labute approximate surface area is 202 Å². The molecule has 2 heterocycles. The molecule has 34 heavy (non-hydrogen) atoms. The Balaban J connectivity index is 1.71. The van der Waals surface area contributed by atoms with Gasteiger partial charge in [0.05, 0.1) is 42.2 Å². The van der Waals surface area contributed by atoms with Crippen molar-refractivity contribution in [1.29, 1.82) is 0 Å². The van der Waals surface area contributed by atoms with Crippen molar-refractivity contribution in [2.45, 2.75) is 24.7 Å². The number of methoxy groups -OCH3 is 2. The van der Waals surface area contributed by atoms with Crippen LogP contribution in [-0.2, 0) is 0 Å². The molecule has 180 valence electrons. The normalized spacial score (nSPS) is 17.5. The van der Waals surface area contributed by atoms with E-state index in [1.807, 2.05) is 0 Å². The molecule has 0 saturated heterocycles. The van der Waals surface area contributed by atoms with Gasteiger partial charge in [-0.3, -0.25) is 4.79 Å². The number of nitrogens with one attached hydrogen (secondary N) is 2. The Morgan fingerprint density at radius 3 is 2.59 bits per heavy atom. The van der Waals surface area contributed by atoms with Gasteiger partial charge >= 0.3 is 6.18 Å². The van der Waals surface area contributed by atoms with Gasteiger partial charge in [-0.25, -0.2) is 4.68 Å². The zero-order valence-electron chi connectivity index (χ0n) is 17.9. The molecule has 1 aromatic heterocycles. The van der Waals surface area contributed by atoms with E-state index in [0.29, 0.717) is 17.1 Å². The van der Waals surface area contributed by atoms with E-state index in [0.717, 1.165) is 10.9 Å². The molecule has 2 N–H and O–H groups in total. The molecule has 2 atom stereocenters. The van der Waals surface area contributed by atoms with Crippen LogP contribution in [0.15, 0.2) is 42.6 Å². The number of benzene rings is 2. The molecule has 2 aromatic carbocycles. The van der Waals surface area contributed by atoms with Crippen molar-refractivity contribution in [3.8, 4) is 11.5 Å². The van der Waals surface area contributed by atoms with Crippen LogP contribution < -0.4 is 20.1 Å². The van der Waals surface area contributed by atoms with E-state index < -0.39 is 24.2 Å². The second-order valence-electron chi connectivity index (χ2n) is 7.51. The van der Waals surface area contributed by atoms with Gasteiger partial charge in [-0.05, 0) is 29.8 Å². The van der Waals surface area contributed by atoms with E-state index in [2.05, 4.69) is 15.7 Å². The monoisotopic (exact) mass is 514 g/mol. The molecule has 0 aliphatic carbocycles. The van der Waals surface area contributed by atoms with Gasteiger partial charge in [0.2, 0.25) is 0 Å². The Bertz CT molecular complexity index is 1230. The van der Waals surface area contributed by atoms with Gasteiger partial charge in [0.25, 0.3) is 5.91 Å². The van der Waals surface area contributed by atoms with E-state index in [1.165, 1.54) is 20.3 Å². The first-order valence-corrected chi connectivity index (χ1v) is 10.8. The minimum Gasteiger partial charge on any atom is -0.493 e. The first kappa shape index (κ1) is 24.0. The average molecular weight is 515 g/mol. The highest BCUT2D eigenvalue weighted by atomic mass is 35.5. The molecule has 1 amide bonds. The summed E-state index contributed by atoms with van der Waals surface area (Å²) in [7, 11) is 2.90. The third kappa shape index (κ3) is 4.47. The third-order valence-electron chi connectivity index (χ3n) is 5.49. The highest BCUT2D eigenvalue weighted by molar-refractivity contribution is 6.44. The SMILES string of the molecule is COc1ccc([C@@H]2C[C@H](C(F)(F)F)n3ncc(C(=O)Nc4cccc(Cl)c4Cl)c3N2)cc1OC. The number of ether oxygens (including phenoxy) is 2. The summed E-state index contributed by atoms with van der Waals surface area (Å²) in [5.74, 6) is 0.0618. The predicted molar refractivity (Wildman–Crippen MR) is 122 cm³/mol. The van der Waals surface area contributed by atoms with Gasteiger partial charge in [-0.15, -0.1) is 0 Å². The Morgan fingerprint density at radius 1 is 1.18 bits per heavy atom. The molecular weight excluding hydrogens is 496 g/mol. The molecule has 0 saturated carbocycles. The maximum atomic E-state index is 14.0. The Kier molecular flexibility index (Phi) is 6.55. The summed E-state index contributed by atoms with van der Waals surface area (Å²) in [5.41, 5.74) is 0.679. The number of amides is 1. The van der Waals surface area contributed by atoms with Crippen LogP contribution in [-0.4, -0.2) is 36.1 Å². The number of hydrogen-bond acceptors (Lipinski definition) is 5. The zero-order chi connectivity index (χ0) is 24.6. The van der Waals surface area contributed by atoms with Gasteiger partial charge < -0.3 is 20.1 Å². The largest absolute Gasteiger partial charge is 0.493 e. The summed E-state index contributed by atoms with van der Waals surface area (Å²) in [6.07, 6.45) is -3.84. The maximum absolute atomic E-state index is 14.0. The van der Waals surface area contributed by atoms with Crippen molar-refractivity contribution in [3.05, 3.63) is 63.8 Å². The van der Waals surface area contributed by atoms with Crippen LogP contribution in [0.25, 0.3) is 0 Å². The van der Waals surface area contributed by atoms with Crippen LogP contribution in [0.4, 0.5) is 24.7 Å². The van der Waals surface area contributed by atoms with E-state index in [-0.39, 0.29) is 33.5 Å². The molecule has 0 unspecified atom stereocenters. The fourth-order valence-electron chi connectivity index (χ4n) is 3.81. The lowest BCUT2D eigenvalue weighted by Crippen LogP contribution is -2.36. The molecule has 12 heteroatoms. The summed E-state index contributed by atoms with van der Waals surface area (Å²) in [6.45, 7) is 0. The van der Waals surface area contributed by atoms with Crippen molar-refractivity contribution in [3.63, 3.8) is 0 Å². The van der Waals surface area contributed by atoms with Crippen LogP contribution in [0.3, 0.4) is 0 Å². The van der Waals surface area contributed by atoms with Gasteiger partial charge in [0, 0.05) is 6.42 Å². The van der Waals surface area contributed by atoms with Gasteiger partial charge in [0.15, 0.2) is 17.5 Å². The number of alkyl halides is 3. The highest BCUT2D eigenvalue weighted by Gasteiger charge is 2.47. The molecular formula is C22H19Cl2F3N4O3. The van der Waals surface area contributed by atoms with Crippen molar-refractivity contribution in [2.75, 3.05) is 24.9 Å². The number of anilines is 2. The molecule has 4 rings (SSSR count). The second-order valence-corrected chi connectivity index (χ2v) is 8.30. The van der Waals surface area contributed by atoms with Gasteiger partial charge in [-0.2, -0.15) is 18.3 Å². The van der Waals surface area contributed by atoms with Crippen molar-refractivity contribution in [1.82, 2.24) is 9.78 Å². The summed E-state index contributed by atoms with van der Waals surface area (Å²) in [6, 6.07) is 6.78. The van der Waals surface area contributed by atoms with Crippen LogP contribution in [0.5, 0.6) is 11.5 Å². The lowest BCUT2D eigenvalue weighted by molar-refractivity contribution is -0.173. The van der Waals surface area contributed by atoms with E-state index >= 15 is 0 Å². The minimum atomic E-state index is -4.60. The number of aromatic nitrogens is 2. The number of nitrogens with zero attached hydrogens (tertiary/aromatic N) is 2. The molecule has 0 spiro atoms. The molecule has 1 aliphatic rings. The van der Waals surface area contributed by atoms with Crippen LogP contribution >= 0.6 is 23.2 Å². The first-order valence-electron chi connectivity index (χ1n) is 10.0. The second kappa shape index (κ2) is 9.27. The fourth-order valence-corrected chi connectivity index (χ4v) is 4.15. The number of halogens is 5. The van der Waals surface area contributed by atoms with Crippen LogP contribution in [0, 0.1) is 0 Å². The molecule has 0 bridgehead atoms. The maximum Gasteiger partial charge on any atom is 0.410 e. The van der Waals surface area contributed by atoms with Crippen molar-refractivity contribution < 1.29 is 27.4 Å². The standard InChI is InChI=1S/C22H19Cl2F3N4O3/c1-33-16-7-6-11(8-17(16)34-2)15-9-18(22(25,26)27)31-20(29-15)12(10-28-31)21(32)30-14-5-3-4-13(23)19(14)24/h3-8,10,15,18,29H,9H2,1-2H3,(H,30,32)/t15-,18+/m0/s1. The minimum absolute atomic E-state index is 0.0657. The summed E-state index contributed by atoms with van der Waals surface area (Å²) >= 11 is 12.1. The number of carbonyl (C=O) groups is 1. The van der Waals surface area contributed by atoms with Gasteiger partial charge in [0.1, 0.15) is 11.4 Å². The van der Waals surface area contributed by atoms with Crippen molar-refractivity contribution in [2.24, 2.45) is 0 Å². The summed E-state index contributed by atoms with van der Waals surface area (Å²) in [5, 5.41) is 9.81. The average Bonchev–Trinajstić information content (AvgIpc) is 3.24. The van der Waals surface area contributed by atoms with Crippen LogP contribution in [0.2, 0.25) is 10.0 Å². The number of fused-ring (bicyclic) bond motifs is 1. The van der Waals surface area contributed by atoms with E-state index in [9.17, 15) is 18.0 Å². The number of rotatable bonds is 5. The molecule has 0 radical (unpaired) electrons. The number of carbonyl (C=O) groups excluding carboxylic acids is 1. The lowest BCUT2D eigenvalue weighted by atomic mass is 9.96. The topological polar surface area (TPSA) is 77.4 Å². The molecule has 7 nitrogen and oxygen atoms in total. The smallest absolute Gasteiger partial charge is 0.410 e. The van der Waals surface area contributed by atoms with E-state index in [4.69, 9.17) is 32.7 Å². The third-order valence-corrected chi connectivity index (χ3v) is 6.31. The van der Waals surface area contributed by atoms with E-state index in [1.54, 1.807) is 30.3 Å². The quantitative estimate of drug-likeness (QED) is 0.428. The van der Waals surface area contributed by atoms with Gasteiger partial charge in [-0.1, -0.05) is 35.3 Å².